The number of aromatic hydroxyl groups is 1. The van der Waals surface area contributed by atoms with Gasteiger partial charge in [0.05, 0.1) is 6.61 Å². The van der Waals surface area contributed by atoms with E-state index in [0.717, 1.165) is 0 Å². The second-order valence-corrected chi connectivity index (χ2v) is 4.56. The summed E-state index contributed by atoms with van der Waals surface area (Å²) in [6.45, 7) is -0.523. The van der Waals surface area contributed by atoms with E-state index in [2.05, 4.69) is 4.99 Å². The van der Waals surface area contributed by atoms with Crippen LogP contribution < -0.4 is 0 Å². The number of ether oxygens (including phenoxy) is 1. The molecule has 1 heterocycles. The molecule has 20 heavy (non-hydrogen) atoms. The molecule has 0 aliphatic carbocycles. The summed E-state index contributed by atoms with van der Waals surface area (Å²) in [7, 11) is 0. The molecule has 110 valence electrons. The van der Waals surface area contributed by atoms with Gasteiger partial charge in [0, 0.05) is 11.8 Å². The highest BCUT2D eigenvalue weighted by molar-refractivity contribution is 5.83. The number of aliphatic hydroxyl groups is 4. The van der Waals surface area contributed by atoms with Crippen molar-refractivity contribution in [1.82, 2.24) is 0 Å². The van der Waals surface area contributed by atoms with Gasteiger partial charge in [0.2, 0.25) is 0 Å². The van der Waals surface area contributed by atoms with Crippen LogP contribution in [0.1, 0.15) is 5.56 Å². The number of para-hydroxylation sites is 1. The third-order valence-corrected chi connectivity index (χ3v) is 3.19. The number of phenolic OH excluding ortho intramolecular Hbond substituents is 1. The van der Waals surface area contributed by atoms with E-state index in [4.69, 9.17) is 9.84 Å². The minimum Gasteiger partial charge on any atom is -0.507 e. The number of hydrogen-bond acceptors (Lipinski definition) is 7. The van der Waals surface area contributed by atoms with Crippen LogP contribution >= 0.6 is 0 Å². The molecule has 7 heteroatoms. The molecule has 0 spiro atoms. The summed E-state index contributed by atoms with van der Waals surface area (Å²) >= 11 is 0. The first-order valence-electron chi connectivity index (χ1n) is 6.16. The van der Waals surface area contributed by atoms with Crippen molar-refractivity contribution in [3.8, 4) is 5.75 Å². The summed E-state index contributed by atoms with van der Waals surface area (Å²) in [6, 6.07) is 5.32. The standard InChI is InChI=1S/C13H17NO6/c15-6-9-11(17)12(18)10(13(19)20-9)14-5-7-3-1-2-4-8(7)16/h1-5,9-13,15-19H,6H2/b14-5+. The van der Waals surface area contributed by atoms with Gasteiger partial charge in [0.15, 0.2) is 6.29 Å². The third-order valence-electron chi connectivity index (χ3n) is 3.19. The Balaban J connectivity index is 2.14. The zero-order chi connectivity index (χ0) is 14.7. The van der Waals surface area contributed by atoms with Crippen molar-refractivity contribution in [3.63, 3.8) is 0 Å². The van der Waals surface area contributed by atoms with Gasteiger partial charge in [-0.05, 0) is 12.1 Å². The smallest absolute Gasteiger partial charge is 0.180 e. The molecule has 0 amide bonds. The summed E-state index contributed by atoms with van der Waals surface area (Å²) in [5, 5.41) is 47.8. The van der Waals surface area contributed by atoms with Crippen LogP contribution in [0.3, 0.4) is 0 Å². The molecule has 0 aromatic heterocycles. The Morgan fingerprint density at radius 1 is 1.15 bits per heavy atom. The molecule has 0 saturated carbocycles. The van der Waals surface area contributed by atoms with Gasteiger partial charge in [-0.15, -0.1) is 0 Å². The minimum absolute atomic E-state index is 0.00532. The predicted molar refractivity (Wildman–Crippen MR) is 69.5 cm³/mol. The molecular weight excluding hydrogens is 266 g/mol. The highest BCUT2D eigenvalue weighted by Gasteiger charge is 2.43. The number of benzene rings is 1. The normalized spacial score (nSPS) is 34.5. The fourth-order valence-corrected chi connectivity index (χ4v) is 2.01. The number of rotatable bonds is 3. The highest BCUT2D eigenvalue weighted by Crippen LogP contribution is 2.22. The molecule has 0 radical (unpaired) electrons. The van der Waals surface area contributed by atoms with Crippen molar-refractivity contribution in [2.45, 2.75) is 30.6 Å². The maximum atomic E-state index is 9.88. The lowest BCUT2D eigenvalue weighted by Gasteiger charge is -2.38. The highest BCUT2D eigenvalue weighted by atomic mass is 16.6. The number of phenols is 1. The van der Waals surface area contributed by atoms with Crippen LogP contribution in [0.4, 0.5) is 0 Å². The molecule has 5 unspecified atom stereocenters. The molecule has 5 N–H and O–H groups in total. The topological polar surface area (TPSA) is 123 Å². The van der Waals surface area contributed by atoms with Crippen LogP contribution in [0, 0.1) is 0 Å². The maximum Gasteiger partial charge on any atom is 0.180 e. The summed E-state index contributed by atoms with van der Waals surface area (Å²) in [6.07, 6.45) is -3.96. The third kappa shape index (κ3) is 2.97. The van der Waals surface area contributed by atoms with Crippen LogP contribution in [0.5, 0.6) is 5.75 Å². The minimum atomic E-state index is -1.45. The monoisotopic (exact) mass is 283 g/mol. The quantitative estimate of drug-likeness (QED) is 0.435. The average molecular weight is 283 g/mol. The second kappa shape index (κ2) is 6.29. The largest absolute Gasteiger partial charge is 0.507 e. The van der Waals surface area contributed by atoms with Crippen LogP contribution in [0.25, 0.3) is 0 Å². The maximum absolute atomic E-state index is 9.88. The zero-order valence-corrected chi connectivity index (χ0v) is 10.6. The van der Waals surface area contributed by atoms with Crippen LogP contribution in [0.2, 0.25) is 0 Å². The van der Waals surface area contributed by atoms with Gasteiger partial charge in [-0.25, -0.2) is 0 Å². The molecule has 0 bridgehead atoms. The summed E-state index contributed by atoms with van der Waals surface area (Å²) in [5.41, 5.74) is 0.408. The summed E-state index contributed by atoms with van der Waals surface area (Å²) < 4.78 is 4.97. The van der Waals surface area contributed by atoms with E-state index in [1.54, 1.807) is 18.2 Å². The van der Waals surface area contributed by atoms with E-state index < -0.39 is 37.3 Å². The van der Waals surface area contributed by atoms with E-state index in [0.29, 0.717) is 5.56 Å². The van der Waals surface area contributed by atoms with Gasteiger partial charge in [-0.3, -0.25) is 4.99 Å². The van der Waals surface area contributed by atoms with Crippen molar-refractivity contribution in [2.24, 2.45) is 4.99 Å². The van der Waals surface area contributed by atoms with Crippen molar-refractivity contribution in [1.29, 1.82) is 0 Å². The van der Waals surface area contributed by atoms with Gasteiger partial charge in [0.1, 0.15) is 30.1 Å². The summed E-state index contributed by atoms with van der Waals surface area (Å²) in [5.74, 6) is 0.00532. The van der Waals surface area contributed by atoms with Crippen LogP contribution in [-0.4, -0.2) is 69.0 Å². The Bertz CT molecular complexity index is 480. The van der Waals surface area contributed by atoms with Gasteiger partial charge in [-0.2, -0.15) is 0 Å². The first kappa shape index (κ1) is 14.9. The van der Waals surface area contributed by atoms with Crippen molar-refractivity contribution in [2.75, 3.05) is 6.61 Å². The number of aliphatic hydroxyl groups excluding tert-OH is 4. The van der Waals surface area contributed by atoms with E-state index in [1.807, 2.05) is 0 Å². The number of nitrogens with zero attached hydrogens (tertiary/aromatic N) is 1. The fraction of sp³-hybridized carbons (Fsp3) is 0.462. The van der Waals surface area contributed by atoms with Crippen molar-refractivity contribution in [3.05, 3.63) is 29.8 Å². The molecule has 1 saturated heterocycles. The average Bonchev–Trinajstić information content (AvgIpc) is 2.44. The molecule has 7 nitrogen and oxygen atoms in total. The molecule has 5 atom stereocenters. The number of hydrogen-bond donors (Lipinski definition) is 5. The SMILES string of the molecule is OCC1OC(O)C(/N=C/c2ccccc2O)C(O)C1O. The van der Waals surface area contributed by atoms with E-state index in [-0.39, 0.29) is 5.75 Å². The van der Waals surface area contributed by atoms with Gasteiger partial charge in [0.25, 0.3) is 0 Å². The van der Waals surface area contributed by atoms with Crippen LogP contribution in [-0.2, 0) is 4.74 Å². The summed E-state index contributed by atoms with van der Waals surface area (Å²) in [4.78, 5) is 3.94. The second-order valence-electron chi connectivity index (χ2n) is 4.56. The number of aliphatic imine (C=N–C) groups is 1. The van der Waals surface area contributed by atoms with Gasteiger partial charge in [-0.1, -0.05) is 12.1 Å². The predicted octanol–water partition coefficient (Wildman–Crippen LogP) is -1.39. The molecule has 1 aromatic rings. The van der Waals surface area contributed by atoms with E-state index >= 15 is 0 Å². The Hall–Kier alpha value is -1.51. The fourth-order valence-electron chi connectivity index (χ4n) is 2.01. The zero-order valence-electron chi connectivity index (χ0n) is 10.6. The lowest BCUT2D eigenvalue weighted by molar-refractivity contribution is -0.248. The Morgan fingerprint density at radius 2 is 1.85 bits per heavy atom. The first-order valence-corrected chi connectivity index (χ1v) is 6.16. The molecule has 2 rings (SSSR count). The van der Waals surface area contributed by atoms with Crippen molar-refractivity contribution < 1.29 is 30.3 Å². The molecule has 1 aliphatic rings. The lowest BCUT2D eigenvalue weighted by Crippen LogP contribution is -2.57. The molecule has 1 aromatic carbocycles. The Morgan fingerprint density at radius 3 is 2.50 bits per heavy atom. The molecule has 1 aliphatic heterocycles. The first-order chi connectivity index (χ1) is 9.54. The van der Waals surface area contributed by atoms with Gasteiger partial charge >= 0.3 is 0 Å². The molecular formula is C13H17NO6. The molecule has 1 fully saturated rings. The van der Waals surface area contributed by atoms with Crippen LogP contribution in [0.15, 0.2) is 29.3 Å². The van der Waals surface area contributed by atoms with Gasteiger partial charge < -0.3 is 30.3 Å². The Kier molecular flexibility index (Phi) is 4.69. The lowest BCUT2D eigenvalue weighted by atomic mass is 9.97. The Labute approximate surface area is 115 Å². The van der Waals surface area contributed by atoms with E-state index in [9.17, 15) is 20.4 Å². The van der Waals surface area contributed by atoms with Crippen molar-refractivity contribution >= 4 is 6.21 Å². The van der Waals surface area contributed by atoms with E-state index in [1.165, 1.54) is 12.3 Å².